The van der Waals surface area contributed by atoms with Crippen LogP contribution >= 0.6 is 11.6 Å². The Kier molecular flexibility index (Phi) is 4.25. The zero-order chi connectivity index (χ0) is 14.7. The number of carboxylic acid groups (broad SMARTS) is 1. The summed E-state index contributed by atoms with van der Waals surface area (Å²) in [6, 6.07) is 8.85. The number of rotatable bonds is 4. The highest BCUT2D eigenvalue weighted by Gasteiger charge is 2.12. The van der Waals surface area contributed by atoms with Gasteiger partial charge in [0.2, 0.25) is 0 Å². The Morgan fingerprint density at radius 2 is 2.05 bits per heavy atom. The lowest BCUT2D eigenvalue weighted by atomic mass is 10.1. The summed E-state index contributed by atoms with van der Waals surface area (Å²) in [5.41, 5.74) is 1.26. The summed E-state index contributed by atoms with van der Waals surface area (Å²) in [5.74, 6) is -1.34. The lowest BCUT2D eigenvalue weighted by Gasteiger charge is -2.10. The summed E-state index contributed by atoms with van der Waals surface area (Å²) in [6.45, 7) is 1.91. The number of aromatic carboxylic acids is 1. The minimum atomic E-state index is -1.20. The molecule has 0 amide bonds. The van der Waals surface area contributed by atoms with E-state index in [1.165, 1.54) is 12.1 Å². The first-order valence-electron chi connectivity index (χ1n) is 5.88. The van der Waals surface area contributed by atoms with Crippen LogP contribution in [0.5, 0.6) is 5.75 Å². The van der Waals surface area contributed by atoms with Gasteiger partial charge in [0.05, 0.1) is 10.6 Å². The number of hydrogen-bond donors (Lipinski definition) is 1. The van der Waals surface area contributed by atoms with Crippen LogP contribution < -0.4 is 4.74 Å². The third-order valence-electron chi connectivity index (χ3n) is 2.77. The van der Waals surface area contributed by atoms with Crippen LogP contribution in [0.1, 0.15) is 21.5 Å². The highest BCUT2D eigenvalue weighted by molar-refractivity contribution is 6.32. The Hall–Kier alpha value is -2.07. The quantitative estimate of drug-likeness (QED) is 0.925. The van der Waals surface area contributed by atoms with Crippen molar-refractivity contribution in [1.82, 2.24) is 0 Å². The molecule has 0 saturated carbocycles. The van der Waals surface area contributed by atoms with Gasteiger partial charge < -0.3 is 9.84 Å². The molecular weight excluding hydrogens is 283 g/mol. The smallest absolute Gasteiger partial charge is 0.336 e. The van der Waals surface area contributed by atoms with Gasteiger partial charge in [-0.25, -0.2) is 9.18 Å². The van der Waals surface area contributed by atoms with Gasteiger partial charge in [-0.2, -0.15) is 0 Å². The van der Waals surface area contributed by atoms with Gasteiger partial charge in [-0.05, 0) is 36.8 Å². The Bertz CT molecular complexity index is 656. The molecule has 0 unspecified atom stereocenters. The van der Waals surface area contributed by atoms with Gasteiger partial charge in [0.15, 0.2) is 0 Å². The molecule has 0 fully saturated rings. The Balaban J connectivity index is 2.20. The summed E-state index contributed by atoms with van der Waals surface area (Å²) >= 11 is 6.02. The van der Waals surface area contributed by atoms with Gasteiger partial charge in [0, 0.05) is 5.56 Å². The minimum Gasteiger partial charge on any atom is -0.487 e. The summed E-state index contributed by atoms with van der Waals surface area (Å²) in [6.07, 6.45) is 0. The van der Waals surface area contributed by atoms with Crippen molar-refractivity contribution in [3.8, 4) is 5.75 Å². The molecule has 20 heavy (non-hydrogen) atoms. The highest BCUT2D eigenvalue weighted by Crippen LogP contribution is 2.26. The predicted molar refractivity (Wildman–Crippen MR) is 73.9 cm³/mol. The largest absolute Gasteiger partial charge is 0.487 e. The topological polar surface area (TPSA) is 46.5 Å². The van der Waals surface area contributed by atoms with Crippen LogP contribution in [-0.4, -0.2) is 11.1 Å². The molecule has 0 radical (unpaired) electrons. The standard InChI is InChI=1S/C15H12ClFO3/c1-9-2-5-14(13(16)6-9)20-8-10-3-4-11(17)7-12(10)15(18)19/h2-7H,8H2,1H3,(H,18,19). The van der Waals surface area contributed by atoms with E-state index in [0.717, 1.165) is 11.6 Å². The van der Waals surface area contributed by atoms with E-state index in [1.54, 1.807) is 12.1 Å². The monoisotopic (exact) mass is 294 g/mol. The number of carboxylic acids is 1. The molecule has 0 saturated heterocycles. The summed E-state index contributed by atoms with van der Waals surface area (Å²) < 4.78 is 18.5. The van der Waals surface area contributed by atoms with E-state index in [4.69, 9.17) is 21.4 Å². The van der Waals surface area contributed by atoms with Crippen LogP contribution in [0.4, 0.5) is 4.39 Å². The lowest BCUT2D eigenvalue weighted by molar-refractivity contribution is 0.0693. The molecular formula is C15H12ClFO3. The molecule has 3 nitrogen and oxygen atoms in total. The second-order valence-corrected chi connectivity index (χ2v) is 4.74. The van der Waals surface area contributed by atoms with Gasteiger partial charge in [-0.1, -0.05) is 23.7 Å². The second-order valence-electron chi connectivity index (χ2n) is 4.33. The number of halogens is 2. The van der Waals surface area contributed by atoms with Crippen LogP contribution in [0.25, 0.3) is 0 Å². The third kappa shape index (κ3) is 3.27. The minimum absolute atomic E-state index is 0.00466. The van der Waals surface area contributed by atoms with Crippen molar-refractivity contribution in [2.75, 3.05) is 0 Å². The first-order valence-corrected chi connectivity index (χ1v) is 6.26. The molecule has 0 aromatic heterocycles. The van der Waals surface area contributed by atoms with Gasteiger partial charge >= 0.3 is 5.97 Å². The molecule has 1 N–H and O–H groups in total. The molecule has 2 aromatic carbocycles. The van der Waals surface area contributed by atoms with Crippen LogP contribution in [0, 0.1) is 12.7 Å². The van der Waals surface area contributed by atoms with Crippen LogP contribution in [0.15, 0.2) is 36.4 Å². The Labute approximate surface area is 120 Å². The first-order chi connectivity index (χ1) is 9.47. The summed E-state index contributed by atoms with van der Waals surface area (Å²) in [7, 11) is 0. The molecule has 0 aliphatic rings. The molecule has 0 aliphatic carbocycles. The SMILES string of the molecule is Cc1ccc(OCc2ccc(F)cc2C(=O)O)c(Cl)c1. The van der Waals surface area contributed by atoms with Gasteiger partial charge in [-0.15, -0.1) is 0 Å². The molecule has 0 aliphatic heterocycles. The maximum atomic E-state index is 13.1. The van der Waals surface area contributed by atoms with Crippen molar-refractivity contribution >= 4 is 17.6 Å². The molecule has 2 rings (SSSR count). The highest BCUT2D eigenvalue weighted by atomic mass is 35.5. The zero-order valence-electron chi connectivity index (χ0n) is 10.7. The molecule has 5 heteroatoms. The second kappa shape index (κ2) is 5.92. The lowest BCUT2D eigenvalue weighted by Crippen LogP contribution is -2.06. The third-order valence-corrected chi connectivity index (χ3v) is 3.07. The Morgan fingerprint density at radius 1 is 1.30 bits per heavy atom. The number of carbonyl (C=O) groups is 1. The average Bonchev–Trinajstić information content (AvgIpc) is 2.38. The van der Waals surface area contributed by atoms with Crippen molar-refractivity contribution in [2.45, 2.75) is 13.5 Å². The number of ether oxygens (including phenoxy) is 1. The van der Waals surface area contributed by atoms with Crippen LogP contribution in [-0.2, 0) is 6.61 Å². The molecule has 0 heterocycles. The Morgan fingerprint density at radius 3 is 2.70 bits per heavy atom. The van der Waals surface area contributed by atoms with E-state index in [0.29, 0.717) is 16.3 Å². The van der Waals surface area contributed by atoms with Crippen LogP contribution in [0.3, 0.4) is 0 Å². The van der Waals surface area contributed by atoms with Crippen molar-refractivity contribution in [3.05, 3.63) is 63.9 Å². The zero-order valence-corrected chi connectivity index (χ0v) is 11.4. The van der Waals surface area contributed by atoms with E-state index in [2.05, 4.69) is 0 Å². The van der Waals surface area contributed by atoms with Crippen molar-refractivity contribution < 1.29 is 19.0 Å². The fraction of sp³-hybridized carbons (Fsp3) is 0.133. The number of aryl methyl sites for hydroxylation is 1. The van der Waals surface area contributed by atoms with E-state index < -0.39 is 11.8 Å². The fourth-order valence-electron chi connectivity index (χ4n) is 1.75. The van der Waals surface area contributed by atoms with E-state index in [-0.39, 0.29) is 12.2 Å². The normalized spacial score (nSPS) is 10.3. The van der Waals surface area contributed by atoms with E-state index in [1.807, 2.05) is 13.0 Å². The van der Waals surface area contributed by atoms with Gasteiger partial charge in [0.1, 0.15) is 18.2 Å². The average molecular weight is 295 g/mol. The maximum absolute atomic E-state index is 13.1. The predicted octanol–water partition coefficient (Wildman–Crippen LogP) is 4.06. The number of benzene rings is 2. The maximum Gasteiger partial charge on any atom is 0.336 e. The van der Waals surface area contributed by atoms with Gasteiger partial charge in [-0.3, -0.25) is 0 Å². The molecule has 104 valence electrons. The molecule has 0 atom stereocenters. The van der Waals surface area contributed by atoms with E-state index >= 15 is 0 Å². The van der Waals surface area contributed by atoms with Gasteiger partial charge in [0.25, 0.3) is 0 Å². The van der Waals surface area contributed by atoms with Crippen molar-refractivity contribution in [2.24, 2.45) is 0 Å². The van der Waals surface area contributed by atoms with Crippen LogP contribution in [0.2, 0.25) is 5.02 Å². The summed E-state index contributed by atoms with van der Waals surface area (Å²) in [4.78, 5) is 11.0. The number of hydrogen-bond acceptors (Lipinski definition) is 2. The molecule has 2 aromatic rings. The van der Waals surface area contributed by atoms with E-state index in [9.17, 15) is 9.18 Å². The van der Waals surface area contributed by atoms with Crippen molar-refractivity contribution in [1.29, 1.82) is 0 Å². The first kappa shape index (κ1) is 14.3. The fourth-order valence-corrected chi connectivity index (χ4v) is 2.04. The van der Waals surface area contributed by atoms with Crippen molar-refractivity contribution in [3.63, 3.8) is 0 Å². The molecule has 0 spiro atoms. The molecule has 0 bridgehead atoms. The summed E-state index contributed by atoms with van der Waals surface area (Å²) in [5, 5.41) is 9.48.